The molecule has 0 N–H and O–H groups in total. The first kappa shape index (κ1) is 14.3. The number of rotatable bonds is 4. The fraction of sp³-hybridized carbons (Fsp3) is 1.00. The fourth-order valence-electron chi connectivity index (χ4n) is 2.79. The van der Waals surface area contributed by atoms with Crippen LogP contribution >= 0.6 is 0 Å². The summed E-state index contributed by atoms with van der Waals surface area (Å²) >= 11 is 0. The normalized spacial score (nSPS) is 35.8. The van der Waals surface area contributed by atoms with Crippen molar-refractivity contribution >= 4 is 0 Å². The maximum atomic E-state index is 6.24. The molecule has 2 aliphatic rings. The molecule has 0 aliphatic carbocycles. The summed E-state index contributed by atoms with van der Waals surface area (Å²) in [5.41, 5.74) is -0.368. The Kier molecular flexibility index (Phi) is 4.64. The first-order valence-corrected chi connectivity index (χ1v) is 7.11. The molecule has 2 atom stereocenters. The predicted octanol–water partition coefficient (Wildman–Crippen LogP) is 2.71. The van der Waals surface area contributed by atoms with E-state index in [-0.39, 0.29) is 17.3 Å². The second-order valence-corrected chi connectivity index (χ2v) is 5.68. The Morgan fingerprint density at radius 1 is 1.11 bits per heavy atom. The molecule has 2 rings (SSSR count). The summed E-state index contributed by atoms with van der Waals surface area (Å²) in [7, 11) is 0. The van der Waals surface area contributed by atoms with Crippen LogP contribution in [0.25, 0.3) is 0 Å². The molecule has 0 saturated carbocycles. The third-order valence-electron chi connectivity index (χ3n) is 4.45. The molecular weight excluding hydrogens is 232 g/mol. The van der Waals surface area contributed by atoms with Crippen molar-refractivity contribution in [2.24, 2.45) is 5.41 Å². The molecule has 2 heterocycles. The SMILES string of the molecule is CCCCC1OCC2(COCOC2)C(C)(CC)O1. The van der Waals surface area contributed by atoms with Crippen LogP contribution in [0.5, 0.6) is 0 Å². The Labute approximate surface area is 110 Å². The van der Waals surface area contributed by atoms with Crippen LogP contribution < -0.4 is 0 Å². The van der Waals surface area contributed by atoms with Gasteiger partial charge in [-0.1, -0.05) is 20.3 Å². The molecule has 0 radical (unpaired) electrons. The molecule has 2 fully saturated rings. The van der Waals surface area contributed by atoms with Crippen LogP contribution in [-0.2, 0) is 18.9 Å². The van der Waals surface area contributed by atoms with Crippen molar-refractivity contribution in [3.63, 3.8) is 0 Å². The van der Waals surface area contributed by atoms with Gasteiger partial charge in [0.2, 0.25) is 0 Å². The first-order chi connectivity index (χ1) is 8.66. The Morgan fingerprint density at radius 3 is 2.44 bits per heavy atom. The first-order valence-electron chi connectivity index (χ1n) is 7.11. The van der Waals surface area contributed by atoms with Gasteiger partial charge < -0.3 is 18.9 Å². The van der Waals surface area contributed by atoms with Crippen molar-refractivity contribution in [3.05, 3.63) is 0 Å². The van der Waals surface area contributed by atoms with Crippen LogP contribution in [0.15, 0.2) is 0 Å². The molecule has 106 valence electrons. The molecule has 1 spiro atoms. The average molecular weight is 258 g/mol. The topological polar surface area (TPSA) is 36.9 Å². The Balaban J connectivity index is 2.05. The van der Waals surface area contributed by atoms with Gasteiger partial charge in [0.05, 0.1) is 30.8 Å². The lowest BCUT2D eigenvalue weighted by molar-refractivity contribution is -0.347. The lowest BCUT2D eigenvalue weighted by atomic mass is 9.71. The lowest BCUT2D eigenvalue weighted by Crippen LogP contribution is -2.62. The van der Waals surface area contributed by atoms with Crippen LogP contribution in [0, 0.1) is 5.41 Å². The van der Waals surface area contributed by atoms with Crippen LogP contribution in [0.4, 0.5) is 0 Å². The third-order valence-corrected chi connectivity index (χ3v) is 4.45. The smallest absolute Gasteiger partial charge is 0.158 e. The molecule has 2 unspecified atom stereocenters. The van der Waals surface area contributed by atoms with Crippen molar-refractivity contribution in [2.75, 3.05) is 26.6 Å². The van der Waals surface area contributed by atoms with Crippen molar-refractivity contribution in [1.82, 2.24) is 0 Å². The van der Waals surface area contributed by atoms with Gasteiger partial charge in [0, 0.05) is 0 Å². The van der Waals surface area contributed by atoms with Gasteiger partial charge in [0.25, 0.3) is 0 Å². The molecule has 4 heteroatoms. The highest BCUT2D eigenvalue weighted by atomic mass is 16.7. The van der Waals surface area contributed by atoms with E-state index in [1.54, 1.807) is 0 Å². The maximum Gasteiger partial charge on any atom is 0.158 e. The van der Waals surface area contributed by atoms with E-state index in [1.165, 1.54) is 6.42 Å². The van der Waals surface area contributed by atoms with Crippen molar-refractivity contribution in [3.8, 4) is 0 Å². The van der Waals surface area contributed by atoms with Gasteiger partial charge in [-0.15, -0.1) is 0 Å². The van der Waals surface area contributed by atoms with Crippen LogP contribution in [0.1, 0.15) is 46.5 Å². The minimum absolute atomic E-state index is 0.0672. The van der Waals surface area contributed by atoms with Crippen molar-refractivity contribution < 1.29 is 18.9 Å². The summed E-state index contributed by atoms with van der Waals surface area (Å²) in [6.45, 7) is 8.92. The Morgan fingerprint density at radius 2 is 1.83 bits per heavy atom. The molecule has 0 aromatic heterocycles. The Hall–Kier alpha value is -0.160. The second-order valence-electron chi connectivity index (χ2n) is 5.68. The van der Waals surface area contributed by atoms with E-state index >= 15 is 0 Å². The van der Waals surface area contributed by atoms with Crippen molar-refractivity contribution in [1.29, 1.82) is 0 Å². The molecule has 0 aromatic carbocycles. The standard InChI is InChI=1S/C14H26O4/c1-4-6-7-12-17-10-14(8-15-11-16-9-14)13(3,5-2)18-12/h12H,4-11H2,1-3H3. The quantitative estimate of drug-likeness (QED) is 0.777. The maximum absolute atomic E-state index is 6.24. The van der Waals surface area contributed by atoms with Gasteiger partial charge in [0.1, 0.15) is 6.79 Å². The molecular formula is C14H26O4. The van der Waals surface area contributed by atoms with E-state index in [0.29, 0.717) is 26.6 Å². The molecule has 0 amide bonds. The molecule has 4 nitrogen and oxygen atoms in total. The highest BCUT2D eigenvalue weighted by molar-refractivity contribution is 5.00. The van der Waals surface area contributed by atoms with Gasteiger partial charge in [-0.25, -0.2) is 0 Å². The summed E-state index contributed by atoms with van der Waals surface area (Å²) in [6, 6.07) is 0. The Bertz CT molecular complexity index is 263. The van der Waals surface area contributed by atoms with E-state index in [9.17, 15) is 0 Å². The zero-order valence-electron chi connectivity index (χ0n) is 11.9. The number of hydrogen-bond donors (Lipinski definition) is 0. The highest BCUT2D eigenvalue weighted by Crippen LogP contribution is 2.44. The van der Waals surface area contributed by atoms with Gasteiger partial charge in [-0.05, 0) is 26.2 Å². The summed E-state index contributed by atoms with van der Waals surface area (Å²) in [4.78, 5) is 0. The van der Waals surface area contributed by atoms with E-state index in [2.05, 4.69) is 20.8 Å². The van der Waals surface area contributed by atoms with E-state index in [1.807, 2.05) is 0 Å². The zero-order valence-corrected chi connectivity index (χ0v) is 11.9. The summed E-state index contributed by atoms with van der Waals surface area (Å²) in [5.74, 6) is 0. The summed E-state index contributed by atoms with van der Waals surface area (Å²) in [6.07, 6.45) is 4.17. The van der Waals surface area contributed by atoms with Gasteiger partial charge >= 0.3 is 0 Å². The number of ether oxygens (including phenoxy) is 4. The van der Waals surface area contributed by atoms with Gasteiger partial charge in [-0.3, -0.25) is 0 Å². The molecule has 2 saturated heterocycles. The molecule has 0 bridgehead atoms. The summed E-state index contributed by atoms with van der Waals surface area (Å²) in [5, 5.41) is 0. The highest BCUT2D eigenvalue weighted by Gasteiger charge is 2.54. The van der Waals surface area contributed by atoms with E-state index in [4.69, 9.17) is 18.9 Å². The minimum Gasteiger partial charge on any atom is -0.355 e. The van der Waals surface area contributed by atoms with Gasteiger partial charge in [-0.2, -0.15) is 0 Å². The van der Waals surface area contributed by atoms with Crippen LogP contribution in [-0.4, -0.2) is 38.5 Å². The van der Waals surface area contributed by atoms with Crippen LogP contribution in [0.3, 0.4) is 0 Å². The molecule has 0 aromatic rings. The van der Waals surface area contributed by atoms with Crippen LogP contribution in [0.2, 0.25) is 0 Å². The van der Waals surface area contributed by atoms with Crippen molar-refractivity contribution in [2.45, 2.75) is 58.3 Å². The third kappa shape index (κ3) is 2.57. The predicted molar refractivity (Wildman–Crippen MR) is 68.3 cm³/mol. The molecule has 18 heavy (non-hydrogen) atoms. The number of unbranched alkanes of at least 4 members (excludes halogenated alkanes) is 1. The van der Waals surface area contributed by atoms with Gasteiger partial charge in [0.15, 0.2) is 6.29 Å². The zero-order chi connectivity index (χ0) is 13.1. The minimum atomic E-state index is -0.218. The monoisotopic (exact) mass is 258 g/mol. The van der Waals surface area contributed by atoms with E-state index < -0.39 is 0 Å². The average Bonchev–Trinajstić information content (AvgIpc) is 2.41. The summed E-state index contributed by atoms with van der Waals surface area (Å²) < 4.78 is 23.1. The fourth-order valence-corrected chi connectivity index (χ4v) is 2.79. The lowest BCUT2D eigenvalue weighted by Gasteiger charge is -2.54. The largest absolute Gasteiger partial charge is 0.355 e. The molecule has 2 aliphatic heterocycles. The van der Waals surface area contributed by atoms with E-state index in [0.717, 1.165) is 19.3 Å². The second kappa shape index (κ2) is 5.87. The number of hydrogen-bond acceptors (Lipinski definition) is 4.